The molecule has 6 aromatic carbocycles. The molecule has 18 heteroatoms. The molecule has 3 amide bonds. The molecule has 384 valence electrons. The largest absolute Gasteiger partial charge is 0.506 e. The molecule has 0 spiro atoms. The third-order valence-corrected chi connectivity index (χ3v) is 10.8. The first kappa shape index (κ1) is 58.7. The highest BCUT2D eigenvalue weighted by Crippen LogP contribution is 2.25. The van der Waals surface area contributed by atoms with Crippen molar-refractivity contribution in [3.8, 4) is 17.2 Å². The van der Waals surface area contributed by atoms with Gasteiger partial charge in [0.05, 0.1) is 45.9 Å². The van der Waals surface area contributed by atoms with Gasteiger partial charge in [0.25, 0.3) is 17.7 Å². The summed E-state index contributed by atoms with van der Waals surface area (Å²) in [5, 5.41) is 67.7. The SMILES string of the molecule is CC(O)/C=C/c1cccc(/C=N/NC(=O)c2ccc(O)c(Cl)c2)c1.CCC(O)C/C=C/c1cccc(/C=N/NC(=O)c2ccc(O)c(Cl)c2)c1.O=C(N/N=C/c1cccc(/C=C/CCO)c1)c1ccc(O)c(Cl)c1. The summed E-state index contributed by atoms with van der Waals surface area (Å²) in [6.07, 6.45) is 16.8. The number of hydrazone groups is 3. The Bertz CT molecular complexity index is 3010. The predicted molar refractivity (Wildman–Crippen MR) is 295 cm³/mol. The van der Waals surface area contributed by atoms with Gasteiger partial charge in [-0.05, 0) is 132 Å². The van der Waals surface area contributed by atoms with Gasteiger partial charge < -0.3 is 30.6 Å². The molecule has 0 aliphatic rings. The van der Waals surface area contributed by atoms with Crippen LogP contribution in [0.15, 0.2) is 161 Å². The molecule has 0 saturated heterocycles. The van der Waals surface area contributed by atoms with Gasteiger partial charge in [0.2, 0.25) is 0 Å². The zero-order valence-electron chi connectivity index (χ0n) is 40.2. The van der Waals surface area contributed by atoms with Gasteiger partial charge in [-0.25, -0.2) is 16.3 Å². The number of aromatic hydroxyl groups is 3. The third-order valence-electron chi connectivity index (χ3n) is 9.86. The van der Waals surface area contributed by atoms with Gasteiger partial charge in [-0.2, -0.15) is 15.3 Å². The molecule has 0 heterocycles. The van der Waals surface area contributed by atoms with E-state index in [4.69, 9.17) is 39.9 Å². The van der Waals surface area contributed by atoms with E-state index in [2.05, 4.69) is 31.6 Å². The van der Waals surface area contributed by atoms with E-state index >= 15 is 0 Å². The van der Waals surface area contributed by atoms with Gasteiger partial charge in [-0.15, -0.1) is 0 Å². The lowest BCUT2D eigenvalue weighted by molar-refractivity contribution is 0.0947. The van der Waals surface area contributed by atoms with Crippen LogP contribution in [0, 0.1) is 0 Å². The number of nitrogens with one attached hydrogen (secondary N) is 3. The molecule has 2 atom stereocenters. The highest BCUT2D eigenvalue weighted by atomic mass is 35.5. The van der Waals surface area contributed by atoms with Crippen molar-refractivity contribution in [3.05, 3.63) is 211 Å². The minimum absolute atomic E-state index is 0.0805. The maximum atomic E-state index is 12.0. The van der Waals surface area contributed by atoms with Crippen molar-refractivity contribution < 1.29 is 45.0 Å². The number of aliphatic hydroxyl groups is 3. The first-order chi connectivity index (χ1) is 35.5. The number of halogens is 3. The molecule has 9 N–H and O–H groups in total. The average molecular weight is 1060 g/mol. The molecule has 15 nitrogen and oxygen atoms in total. The Labute approximate surface area is 443 Å². The lowest BCUT2D eigenvalue weighted by Crippen LogP contribution is -2.17. The second kappa shape index (κ2) is 31.5. The van der Waals surface area contributed by atoms with Crippen LogP contribution in [0.3, 0.4) is 0 Å². The van der Waals surface area contributed by atoms with Crippen molar-refractivity contribution >= 4 is 89.4 Å². The fraction of sp³-hybridized carbons (Fsp3) is 0.143. The fourth-order valence-electron chi connectivity index (χ4n) is 5.94. The van der Waals surface area contributed by atoms with Crippen molar-refractivity contribution in [2.45, 2.75) is 45.3 Å². The Hall–Kier alpha value is -7.89. The highest BCUT2D eigenvalue weighted by molar-refractivity contribution is 6.33. The van der Waals surface area contributed by atoms with Crippen LogP contribution < -0.4 is 16.3 Å². The zero-order valence-corrected chi connectivity index (χ0v) is 42.5. The number of carbonyl (C=O) groups excluding carboxylic acids is 3. The van der Waals surface area contributed by atoms with Gasteiger partial charge in [-0.1, -0.05) is 133 Å². The van der Waals surface area contributed by atoms with Crippen molar-refractivity contribution in [2.24, 2.45) is 15.3 Å². The summed E-state index contributed by atoms with van der Waals surface area (Å²) in [5.41, 5.74) is 13.4. The average Bonchev–Trinajstić information content (AvgIpc) is 3.39. The quantitative estimate of drug-likeness (QED) is 0.0293. The zero-order chi connectivity index (χ0) is 53.8. The first-order valence-electron chi connectivity index (χ1n) is 22.8. The van der Waals surface area contributed by atoms with E-state index in [0.717, 1.165) is 39.8 Å². The van der Waals surface area contributed by atoms with Gasteiger partial charge >= 0.3 is 0 Å². The summed E-state index contributed by atoms with van der Waals surface area (Å²) in [6.45, 7) is 3.73. The second-order valence-electron chi connectivity index (χ2n) is 15.8. The number of phenolic OH excluding ortho intramolecular Hbond substituents is 3. The molecular formula is C56H55Cl3N6O9. The summed E-state index contributed by atoms with van der Waals surface area (Å²) >= 11 is 17.3. The van der Waals surface area contributed by atoms with Gasteiger partial charge in [-0.3, -0.25) is 14.4 Å². The van der Waals surface area contributed by atoms with Crippen LogP contribution in [-0.4, -0.2) is 85.8 Å². The molecule has 0 fully saturated rings. The highest BCUT2D eigenvalue weighted by Gasteiger charge is 2.10. The van der Waals surface area contributed by atoms with Crippen LogP contribution in [0.4, 0.5) is 0 Å². The number of amides is 3. The molecular weight excluding hydrogens is 1010 g/mol. The van der Waals surface area contributed by atoms with E-state index in [1.165, 1.54) is 73.2 Å². The Morgan fingerprint density at radius 1 is 0.527 bits per heavy atom. The summed E-state index contributed by atoms with van der Waals surface area (Å²) in [5.74, 6) is -1.53. The summed E-state index contributed by atoms with van der Waals surface area (Å²) in [7, 11) is 0. The molecule has 6 rings (SSSR count). The lowest BCUT2D eigenvalue weighted by Gasteiger charge is -2.03. The Kier molecular flexibility index (Phi) is 25.0. The third kappa shape index (κ3) is 21.4. The van der Waals surface area contributed by atoms with Crippen LogP contribution in [0.5, 0.6) is 17.2 Å². The topological polar surface area (TPSA) is 246 Å². The van der Waals surface area contributed by atoms with Crippen molar-refractivity contribution in [1.82, 2.24) is 16.3 Å². The van der Waals surface area contributed by atoms with Crippen molar-refractivity contribution in [1.29, 1.82) is 0 Å². The number of hydrogen-bond acceptors (Lipinski definition) is 12. The standard InChI is InChI=1S/C20H21ClN2O3.2C18H17ClN2O3/c1-2-17(24)8-4-6-14-5-3-7-15(11-14)13-22-23-20(26)16-9-10-19(25)18(21)12-16;1-12(22)5-6-13-3-2-4-14(9-13)11-20-21-18(24)15-7-8-17(23)16(19)10-15;19-16-11-15(7-8-17(16)23)18(24)21-20-12-14-6-3-5-13(10-14)4-1-2-9-22/h3-7,9-13,17,24-25H,2,8H2,1H3,(H,23,26);2-12,22-23H,1H3,(H,21,24);1,3-8,10-12,22-23H,2,9H2,(H,21,24)/b6-4+,22-13+;6-5+,20-11+;4-1+,20-12+. The predicted octanol–water partition coefficient (Wildman–Crippen LogP) is 10.4. The van der Waals surface area contributed by atoms with Gasteiger partial charge in [0.15, 0.2) is 0 Å². The van der Waals surface area contributed by atoms with E-state index in [1.54, 1.807) is 19.1 Å². The number of carbonyl (C=O) groups is 3. The molecule has 0 aliphatic carbocycles. The molecule has 0 radical (unpaired) electrons. The van der Waals surface area contributed by atoms with Gasteiger partial charge in [0.1, 0.15) is 17.2 Å². The van der Waals surface area contributed by atoms with Crippen LogP contribution in [0.25, 0.3) is 18.2 Å². The minimum Gasteiger partial charge on any atom is -0.506 e. The molecule has 0 saturated carbocycles. The maximum Gasteiger partial charge on any atom is 0.271 e. The van der Waals surface area contributed by atoms with E-state index in [-0.39, 0.29) is 45.0 Å². The van der Waals surface area contributed by atoms with Crippen molar-refractivity contribution in [2.75, 3.05) is 6.61 Å². The number of hydrogen-bond donors (Lipinski definition) is 9. The number of nitrogens with zero attached hydrogens (tertiary/aromatic N) is 3. The van der Waals surface area contributed by atoms with E-state index in [9.17, 15) is 39.9 Å². The maximum absolute atomic E-state index is 12.0. The summed E-state index contributed by atoms with van der Waals surface area (Å²) < 4.78 is 0. The smallest absolute Gasteiger partial charge is 0.271 e. The monoisotopic (exact) mass is 1060 g/mol. The summed E-state index contributed by atoms with van der Waals surface area (Å²) in [4.78, 5) is 35.9. The van der Waals surface area contributed by atoms with Crippen LogP contribution in [-0.2, 0) is 0 Å². The molecule has 0 aliphatic heterocycles. The number of phenols is 3. The second-order valence-corrected chi connectivity index (χ2v) is 17.0. The summed E-state index contributed by atoms with van der Waals surface area (Å²) in [6, 6.07) is 35.2. The molecule has 2 unspecified atom stereocenters. The van der Waals surface area contributed by atoms with E-state index in [1.807, 2.05) is 104 Å². The van der Waals surface area contributed by atoms with Crippen LogP contribution >= 0.6 is 34.8 Å². The fourth-order valence-corrected chi connectivity index (χ4v) is 6.48. The van der Waals surface area contributed by atoms with Crippen LogP contribution in [0.1, 0.15) is 97.6 Å². The Morgan fingerprint density at radius 2 is 0.878 bits per heavy atom. The Balaban J connectivity index is 0.000000241. The minimum atomic E-state index is -0.515. The lowest BCUT2D eigenvalue weighted by atomic mass is 10.1. The number of rotatable bonds is 18. The van der Waals surface area contributed by atoms with Crippen LogP contribution in [0.2, 0.25) is 15.1 Å². The van der Waals surface area contributed by atoms with E-state index < -0.39 is 23.8 Å². The van der Waals surface area contributed by atoms with E-state index in [0.29, 0.717) is 29.5 Å². The number of benzene rings is 6. The van der Waals surface area contributed by atoms with Crippen molar-refractivity contribution in [3.63, 3.8) is 0 Å². The molecule has 0 bridgehead atoms. The molecule has 6 aromatic rings. The normalized spacial score (nSPS) is 12.2. The Morgan fingerprint density at radius 3 is 1.22 bits per heavy atom. The molecule has 74 heavy (non-hydrogen) atoms. The molecule has 0 aromatic heterocycles. The van der Waals surface area contributed by atoms with Gasteiger partial charge in [0, 0.05) is 23.3 Å². The first-order valence-corrected chi connectivity index (χ1v) is 23.9. The number of aliphatic hydroxyl groups excluding tert-OH is 3.